The summed E-state index contributed by atoms with van der Waals surface area (Å²) in [6.45, 7) is 2.80. The van der Waals surface area contributed by atoms with Crippen LogP contribution >= 0.6 is 0 Å². The molecule has 1 aromatic carbocycles. The van der Waals surface area contributed by atoms with E-state index in [0.29, 0.717) is 17.2 Å². The van der Waals surface area contributed by atoms with Crippen molar-refractivity contribution in [3.05, 3.63) is 34.4 Å². The summed E-state index contributed by atoms with van der Waals surface area (Å²) in [5, 5.41) is 18.3. The van der Waals surface area contributed by atoms with E-state index in [2.05, 4.69) is 24.1 Å². The van der Waals surface area contributed by atoms with E-state index in [0.717, 1.165) is 17.7 Å². The maximum Gasteiger partial charge on any atom is 0.0994 e. The molecule has 1 aliphatic carbocycles. The van der Waals surface area contributed by atoms with E-state index < -0.39 is 0 Å². The highest BCUT2D eigenvalue weighted by Gasteiger charge is 2.19. The Bertz CT molecular complexity index is 557. The minimum atomic E-state index is 0.583. The summed E-state index contributed by atoms with van der Waals surface area (Å²) in [6.07, 6.45) is 6.51. The van der Waals surface area contributed by atoms with Gasteiger partial charge in [-0.05, 0) is 50.1 Å². The molecule has 0 radical (unpaired) electrons. The molecule has 1 fully saturated rings. The van der Waals surface area contributed by atoms with Crippen molar-refractivity contribution in [2.75, 3.05) is 7.05 Å². The minimum Gasteiger partial charge on any atom is -0.299 e. The molecule has 104 valence electrons. The van der Waals surface area contributed by atoms with Crippen LogP contribution in [-0.4, -0.2) is 18.0 Å². The van der Waals surface area contributed by atoms with Gasteiger partial charge < -0.3 is 0 Å². The number of benzene rings is 1. The molecule has 3 heteroatoms. The Balaban J connectivity index is 2.20. The maximum absolute atomic E-state index is 9.17. The number of rotatable bonds is 3. The second-order valence-corrected chi connectivity index (χ2v) is 5.74. The fraction of sp³-hybridized carbons (Fsp3) is 0.529. The summed E-state index contributed by atoms with van der Waals surface area (Å²) in [4.78, 5) is 2.38. The van der Waals surface area contributed by atoms with Crippen LogP contribution in [0.1, 0.15) is 54.4 Å². The van der Waals surface area contributed by atoms with Gasteiger partial charge in [-0.1, -0.05) is 19.3 Å². The van der Waals surface area contributed by atoms with Crippen LogP contribution in [0.4, 0.5) is 0 Å². The Morgan fingerprint density at radius 3 is 2.45 bits per heavy atom. The lowest BCUT2D eigenvalue weighted by molar-refractivity contribution is 0.184. The van der Waals surface area contributed by atoms with Crippen molar-refractivity contribution in [1.82, 2.24) is 4.90 Å². The van der Waals surface area contributed by atoms with Crippen LogP contribution in [0.15, 0.2) is 12.1 Å². The molecule has 0 aliphatic heterocycles. The molecule has 0 amide bonds. The lowest BCUT2D eigenvalue weighted by Gasteiger charge is -2.31. The fourth-order valence-corrected chi connectivity index (χ4v) is 3.04. The van der Waals surface area contributed by atoms with E-state index in [4.69, 9.17) is 5.26 Å². The van der Waals surface area contributed by atoms with Gasteiger partial charge in [0.25, 0.3) is 0 Å². The Kier molecular flexibility index (Phi) is 4.77. The molecule has 3 nitrogen and oxygen atoms in total. The second-order valence-electron chi connectivity index (χ2n) is 5.74. The number of hydrogen-bond donors (Lipinski definition) is 0. The van der Waals surface area contributed by atoms with Gasteiger partial charge in [-0.3, -0.25) is 4.90 Å². The van der Waals surface area contributed by atoms with Crippen molar-refractivity contribution in [1.29, 1.82) is 10.5 Å². The molecular weight excluding hydrogens is 246 g/mol. The summed E-state index contributed by atoms with van der Waals surface area (Å²) >= 11 is 0. The predicted octanol–water partition coefficient (Wildman–Crippen LogP) is 3.50. The van der Waals surface area contributed by atoms with Crippen LogP contribution in [0, 0.1) is 29.6 Å². The molecule has 0 bridgehead atoms. The standard InChI is InChI=1S/C17H21N3/c1-13-15(11-19)8-14(10-18)9-16(13)12-20(2)17-6-4-3-5-7-17/h8-9,17H,3-7,12H2,1-2H3. The molecule has 0 heterocycles. The Hall–Kier alpha value is -1.84. The zero-order valence-corrected chi connectivity index (χ0v) is 12.3. The van der Waals surface area contributed by atoms with Crippen molar-refractivity contribution in [2.24, 2.45) is 0 Å². The van der Waals surface area contributed by atoms with Gasteiger partial charge in [0.1, 0.15) is 0 Å². The van der Waals surface area contributed by atoms with E-state index in [1.165, 1.54) is 32.1 Å². The van der Waals surface area contributed by atoms with Crippen molar-refractivity contribution in [2.45, 2.75) is 51.6 Å². The van der Waals surface area contributed by atoms with E-state index in [1.807, 2.05) is 13.0 Å². The third-order valence-corrected chi connectivity index (χ3v) is 4.38. The predicted molar refractivity (Wildman–Crippen MR) is 78.9 cm³/mol. The van der Waals surface area contributed by atoms with Crippen LogP contribution < -0.4 is 0 Å². The van der Waals surface area contributed by atoms with E-state index >= 15 is 0 Å². The smallest absolute Gasteiger partial charge is 0.0994 e. The topological polar surface area (TPSA) is 50.8 Å². The lowest BCUT2D eigenvalue weighted by atomic mass is 9.93. The summed E-state index contributed by atoms with van der Waals surface area (Å²) in [7, 11) is 2.15. The van der Waals surface area contributed by atoms with E-state index in [9.17, 15) is 5.26 Å². The van der Waals surface area contributed by atoms with Gasteiger partial charge in [0.05, 0.1) is 23.3 Å². The Morgan fingerprint density at radius 2 is 1.85 bits per heavy atom. The van der Waals surface area contributed by atoms with Crippen LogP contribution in [0.3, 0.4) is 0 Å². The molecule has 0 N–H and O–H groups in total. The van der Waals surface area contributed by atoms with Gasteiger partial charge >= 0.3 is 0 Å². The van der Waals surface area contributed by atoms with Crippen LogP contribution in [-0.2, 0) is 6.54 Å². The highest BCUT2D eigenvalue weighted by molar-refractivity contribution is 5.48. The first-order chi connectivity index (χ1) is 9.65. The van der Waals surface area contributed by atoms with Crippen LogP contribution in [0.2, 0.25) is 0 Å². The highest BCUT2D eigenvalue weighted by Crippen LogP contribution is 2.24. The molecule has 20 heavy (non-hydrogen) atoms. The van der Waals surface area contributed by atoms with Gasteiger partial charge in [0.2, 0.25) is 0 Å². The molecule has 1 aromatic rings. The molecular formula is C17H21N3. The largest absolute Gasteiger partial charge is 0.299 e. The number of nitriles is 2. The normalized spacial score (nSPS) is 15.8. The maximum atomic E-state index is 9.17. The molecule has 1 saturated carbocycles. The van der Waals surface area contributed by atoms with Gasteiger partial charge in [0.15, 0.2) is 0 Å². The average molecular weight is 267 g/mol. The van der Waals surface area contributed by atoms with Crippen molar-refractivity contribution in [3.8, 4) is 12.1 Å². The monoisotopic (exact) mass is 267 g/mol. The zero-order valence-electron chi connectivity index (χ0n) is 12.3. The van der Waals surface area contributed by atoms with Crippen molar-refractivity contribution in [3.63, 3.8) is 0 Å². The van der Waals surface area contributed by atoms with Gasteiger partial charge in [-0.15, -0.1) is 0 Å². The first-order valence-electron chi connectivity index (χ1n) is 7.29. The fourth-order valence-electron chi connectivity index (χ4n) is 3.04. The van der Waals surface area contributed by atoms with Gasteiger partial charge in [0, 0.05) is 12.6 Å². The Labute approximate surface area is 121 Å². The van der Waals surface area contributed by atoms with Crippen molar-refractivity contribution >= 4 is 0 Å². The molecule has 1 aliphatic rings. The molecule has 0 atom stereocenters. The third-order valence-electron chi connectivity index (χ3n) is 4.38. The van der Waals surface area contributed by atoms with Crippen molar-refractivity contribution < 1.29 is 0 Å². The Morgan fingerprint density at radius 1 is 1.15 bits per heavy atom. The van der Waals surface area contributed by atoms with Gasteiger partial charge in [-0.2, -0.15) is 10.5 Å². The summed E-state index contributed by atoms with van der Waals surface area (Å²) in [5.41, 5.74) is 3.32. The molecule has 0 aromatic heterocycles. The second kappa shape index (κ2) is 6.55. The quantitative estimate of drug-likeness (QED) is 0.842. The lowest BCUT2D eigenvalue weighted by Crippen LogP contribution is -2.33. The third kappa shape index (κ3) is 3.18. The van der Waals surface area contributed by atoms with E-state index in [1.54, 1.807) is 6.07 Å². The average Bonchev–Trinajstić information content (AvgIpc) is 2.50. The minimum absolute atomic E-state index is 0.583. The summed E-state index contributed by atoms with van der Waals surface area (Å²) < 4.78 is 0. The van der Waals surface area contributed by atoms with Crippen LogP contribution in [0.5, 0.6) is 0 Å². The summed E-state index contributed by atoms with van der Waals surface area (Å²) in [6, 6.07) is 8.59. The summed E-state index contributed by atoms with van der Waals surface area (Å²) in [5.74, 6) is 0. The SMILES string of the molecule is Cc1c(C#N)cc(C#N)cc1CN(C)C1CCCCC1. The molecule has 0 saturated heterocycles. The highest BCUT2D eigenvalue weighted by atomic mass is 15.1. The first-order valence-corrected chi connectivity index (χ1v) is 7.29. The van der Waals surface area contributed by atoms with Crippen LogP contribution in [0.25, 0.3) is 0 Å². The van der Waals surface area contributed by atoms with E-state index in [-0.39, 0.29) is 0 Å². The molecule has 0 unspecified atom stereocenters. The number of nitrogens with zero attached hydrogens (tertiary/aromatic N) is 3. The first kappa shape index (κ1) is 14.6. The number of hydrogen-bond acceptors (Lipinski definition) is 3. The van der Waals surface area contributed by atoms with Gasteiger partial charge in [-0.25, -0.2) is 0 Å². The molecule has 0 spiro atoms. The zero-order chi connectivity index (χ0) is 14.5. The molecule has 2 rings (SSSR count).